The van der Waals surface area contributed by atoms with Gasteiger partial charge in [-0.05, 0) is 54.3 Å². The van der Waals surface area contributed by atoms with Crippen molar-refractivity contribution in [2.75, 3.05) is 13.2 Å². The number of fused-ring (bicyclic) bond motifs is 4. The lowest BCUT2D eigenvalue weighted by molar-refractivity contribution is -0.444. The number of ether oxygens (including phenoxy) is 1. The first-order chi connectivity index (χ1) is 16.9. The van der Waals surface area contributed by atoms with Crippen LogP contribution in [0.4, 0.5) is 5.69 Å². The molecule has 0 aliphatic carbocycles. The van der Waals surface area contributed by atoms with Crippen LogP contribution in [0.3, 0.4) is 0 Å². The molecule has 4 aromatic rings. The summed E-state index contributed by atoms with van der Waals surface area (Å²) >= 11 is 0. The molecule has 0 unspecified atom stereocenters. The molecule has 0 atom stereocenters. The Kier molecular flexibility index (Phi) is 5.73. The minimum absolute atomic E-state index is 0.118. The second-order valence-corrected chi connectivity index (χ2v) is 12.4. The molecule has 1 aliphatic rings. The van der Waals surface area contributed by atoms with Gasteiger partial charge in [0, 0.05) is 22.4 Å². The number of hydrogen-bond donors (Lipinski definition) is 0. The van der Waals surface area contributed by atoms with Crippen molar-refractivity contribution in [1.82, 2.24) is 0 Å². The van der Waals surface area contributed by atoms with Crippen LogP contribution in [0.1, 0.15) is 40.2 Å². The first kappa shape index (κ1) is 24.5. The highest BCUT2D eigenvalue weighted by Crippen LogP contribution is 2.48. The van der Waals surface area contributed by atoms with Gasteiger partial charge in [0.25, 0.3) is 0 Å². The van der Waals surface area contributed by atoms with Gasteiger partial charge in [-0.2, -0.15) is 4.58 Å². The van der Waals surface area contributed by atoms with E-state index >= 15 is 0 Å². The highest BCUT2D eigenvalue weighted by atomic mass is 32.2. The Morgan fingerprint density at radius 3 is 2.33 bits per heavy atom. The average molecular weight is 502 g/mol. The van der Waals surface area contributed by atoms with E-state index in [9.17, 15) is 13.0 Å². The van der Waals surface area contributed by atoms with Gasteiger partial charge in [0.1, 0.15) is 22.5 Å². The fraction of sp³-hybridized carbons (Fsp3) is 0.300. The molecule has 5 rings (SSSR count). The summed E-state index contributed by atoms with van der Waals surface area (Å²) in [7, 11) is -4.52. The van der Waals surface area contributed by atoms with E-state index in [1.807, 2.05) is 36.4 Å². The number of benzene rings is 4. The minimum Gasteiger partial charge on any atom is -0.744 e. The van der Waals surface area contributed by atoms with Crippen LogP contribution in [-0.2, 0) is 15.5 Å². The molecule has 0 saturated heterocycles. The Hall–Kier alpha value is -3.22. The summed E-state index contributed by atoms with van der Waals surface area (Å²) in [6, 6.07) is 22.9. The average Bonchev–Trinajstić information content (AvgIpc) is 3.05. The van der Waals surface area contributed by atoms with E-state index in [-0.39, 0.29) is 15.7 Å². The smallest absolute Gasteiger partial charge is 0.210 e. The standard InChI is InChI=1S/C30H31NO4S/c1-29(2,3)28-30(4,5)27-24-15-14-22(36(32,33)34)19-21(24)13-16-25(27)31(28)17-18-35-26-12-8-10-20-9-6-7-11-23(20)26/h6-16,19H,17-18H2,1-5H3. The predicted octanol–water partition coefficient (Wildman–Crippen LogP) is 6.40. The van der Waals surface area contributed by atoms with Crippen molar-refractivity contribution < 1.29 is 22.3 Å². The van der Waals surface area contributed by atoms with E-state index in [0.29, 0.717) is 13.2 Å². The van der Waals surface area contributed by atoms with E-state index < -0.39 is 10.1 Å². The molecule has 6 heteroatoms. The van der Waals surface area contributed by atoms with Crippen molar-refractivity contribution in [3.8, 4) is 5.75 Å². The van der Waals surface area contributed by atoms with Crippen molar-refractivity contribution in [3.05, 3.63) is 78.4 Å². The highest BCUT2D eigenvalue weighted by Gasteiger charge is 2.51. The summed E-state index contributed by atoms with van der Waals surface area (Å²) in [5.74, 6) is 0.869. The molecule has 0 saturated carbocycles. The second-order valence-electron chi connectivity index (χ2n) is 11.0. The summed E-state index contributed by atoms with van der Waals surface area (Å²) < 4.78 is 43.5. The molecule has 1 heterocycles. The Bertz CT molecular complexity index is 1640. The van der Waals surface area contributed by atoms with E-state index in [4.69, 9.17) is 4.74 Å². The Morgan fingerprint density at radius 2 is 1.61 bits per heavy atom. The predicted molar refractivity (Wildman–Crippen MR) is 144 cm³/mol. The topological polar surface area (TPSA) is 69.4 Å². The monoisotopic (exact) mass is 501 g/mol. The Labute approximate surface area is 212 Å². The SMILES string of the molecule is CC(C)(C)C1=[N+](CCOc2cccc3ccccc23)c2ccc3cc(S(=O)(=O)[O-])ccc3c2C1(C)C. The first-order valence-electron chi connectivity index (χ1n) is 12.2. The molecule has 0 radical (unpaired) electrons. The molecule has 0 fully saturated rings. The first-order valence-corrected chi connectivity index (χ1v) is 13.6. The third-order valence-corrected chi connectivity index (χ3v) is 7.90. The Morgan fingerprint density at radius 1 is 0.889 bits per heavy atom. The molecule has 4 aromatic carbocycles. The van der Waals surface area contributed by atoms with Gasteiger partial charge in [-0.15, -0.1) is 0 Å². The molecule has 0 bridgehead atoms. The summed E-state index contributed by atoms with van der Waals surface area (Å²) in [6.07, 6.45) is 0. The fourth-order valence-corrected chi connectivity index (χ4v) is 6.56. The van der Waals surface area contributed by atoms with Gasteiger partial charge in [0.2, 0.25) is 5.69 Å². The summed E-state index contributed by atoms with van der Waals surface area (Å²) in [5.41, 5.74) is 3.10. The molecule has 36 heavy (non-hydrogen) atoms. The van der Waals surface area contributed by atoms with Crippen molar-refractivity contribution in [2.45, 2.75) is 44.9 Å². The molecule has 0 amide bonds. The lowest BCUT2D eigenvalue weighted by Gasteiger charge is -2.27. The molecular formula is C30H31NO4S. The van der Waals surface area contributed by atoms with E-state index in [1.165, 1.54) is 17.8 Å². The maximum atomic E-state index is 11.6. The van der Waals surface area contributed by atoms with Crippen LogP contribution in [0.15, 0.2) is 77.7 Å². The van der Waals surface area contributed by atoms with Crippen LogP contribution in [0.5, 0.6) is 5.75 Å². The second kappa shape index (κ2) is 8.43. The lowest BCUT2D eigenvalue weighted by Crippen LogP contribution is -2.40. The van der Waals surface area contributed by atoms with Gasteiger partial charge in [0.05, 0.1) is 10.3 Å². The number of rotatable bonds is 5. The van der Waals surface area contributed by atoms with Gasteiger partial charge >= 0.3 is 0 Å². The molecule has 5 nitrogen and oxygen atoms in total. The van der Waals surface area contributed by atoms with Gasteiger partial charge in [0.15, 0.2) is 12.3 Å². The van der Waals surface area contributed by atoms with Crippen LogP contribution < -0.4 is 4.74 Å². The lowest BCUT2D eigenvalue weighted by atomic mass is 9.70. The summed E-state index contributed by atoms with van der Waals surface area (Å²) in [6.45, 7) is 12.3. The van der Waals surface area contributed by atoms with E-state index in [0.717, 1.165) is 38.5 Å². The fourth-order valence-electron chi connectivity index (χ4n) is 6.05. The maximum Gasteiger partial charge on any atom is 0.210 e. The molecule has 0 N–H and O–H groups in total. The molecule has 1 aliphatic heterocycles. The van der Waals surface area contributed by atoms with Gasteiger partial charge in [-0.3, -0.25) is 0 Å². The number of hydrogen-bond acceptors (Lipinski definition) is 4. The van der Waals surface area contributed by atoms with Gasteiger partial charge < -0.3 is 9.29 Å². The third kappa shape index (κ3) is 4.08. The summed E-state index contributed by atoms with van der Waals surface area (Å²) in [5, 5.41) is 3.96. The zero-order valence-electron chi connectivity index (χ0n) is 21.3. The number of nitrogens with zero attached hydrogens (tertiary/aromatic N) is 1. The summed E-state index contributed by atoms with van der Waals surface area (Å²) in [4.78, 5) is -0.203. The quantitative estimate of drug-likeness (QED) is 0.234. The van der Waals surface area contributed by atoms with Crippen LogP contribution in [0.2, 0.25) is 0 Å². The largest absolute Gasteiger partial charge is 0.744 e. The zero-order chi connectivity index (χ0) is 25.9. The normalized spacial score (nSPS) is 15.5. The molecule has 0 aromatic heterocycles. The van der Waals surface area contributed by atoms with Crippen LogP contribution >= 0.6 is 0 Å². The molecule has 0 spiro atoms. The van der Waals surface area contributed by atoms with Crippen LogP contribution in [0, 0.1) is 5.41 Å². The molecule has 186 valence electrons. The molecular weight excluding hydrogens is 470 g/mol. The van der Waals surface area contributed by atoms with Gasteiger partial charge in [-0.1, -0.05) is 63.2 Å². The highest BCUT2D eigenvalue weighted by molar-refractivity contribution is 7.85. The van der Waals surface area contributed by atoms with Crippen LogP contribution in [-0.4, -0.2) is 36.4 Å². The van der Waals surface area contributed by atoms with E-state index in [2.05, 4.69) is 57.4 Å². The van der Waals surface area contributed by atoms with Crippen molar-refractivity contribution in [3.63, 3.8) is 0 Å². The van der Waals surface area contributed by atoms with Gasteiger partial charge in [-0.25, -0.2) is 8.42 Å². The van der Waals surface area contributed by atoms with E-state index in [1.54, 1.807) is 6.07 Å². The Balaban J connectivity index is 1.57. The maximum absolute atomic E-state index is 11.6. The van der Waals surface area contributed by atoms with Crippen LogP contribution in [0.25, 0.3) is 21.5 Å². The zero-order valence-corrected chi connectivity index (χ0v) is 22.1. The third-order valence-electron chi connectivity index (χ3n) is 7.07. The van der Waals surface area contributed by atoms with Crippen molar-refractivity contribution in [2.24, 2.45) is 5.41 Å². The van der Waals surface area contributed by atoms with Crippen molar-refractivity contribution in [1.29, 1.82) is 0 Å². The van der Waals surface area contributed by atoms with Crippen molar-refractivity contribution >= 4 is 43.1 Å². The minimum atomic E-state index is -4.52.